The number of ether oxygens (including phenoxy) is 2. The van der Waals surface area contributed by atoms with Crippen LogP contribution in [0.4, 0.5) is 0 Å². The minimum atomic E-state index is -3.59. The minimum absolute atomic E-state index is 0.0320. The summed E-state index contributed by atoms with van der Waals surface area (Å²) in [7, 11) is -2.00. The average Bonchev–Trinajstić information content (AvgIpc) is 3.66. The fraction of sp³-hybridized carbons (Fsp3) is 0.426. The van der Waals surface area contributed by atoms with Crippen molar-refractivity contribution in [1.82, 2.24) is 19.5 Å². The molecule has 0 radical (unpaired) electrons. The molecule has 0 unspecified atom stereocenters. The lowest BCUT2D eigenvalue weighted by Gasteiger charge is -2.25. The molecule has 2 aliphatic heterocycles. The number of β-amino-alcohol motifs (C(OH)–C–C–N with tert-alkyl or cyclic N) is 1. The monoisotopic (exact) mass is 861 g/mol. The number of rotatable bonds is 11. The van der Waals surface area contributed by atoms with Gasteiger partial charge in [0, 0.05) is 48.7 Å². The van der Waals surface area contributed by atoms with Crippen molar-refractivity contribution in [3.05, 3.63) is 98.6 Å². The van der Waals surface area contributed by atoms with Crippen LogP contribution in [0.15, 0.2) is 59.0 Å². The molecule has 14 heteroatoms. The van der Waals surface area contributed by atoms with Crippen molar-refractivity contribution in [2.24, 2.45) is 5.92 Å². The van der Waals surface area contributed by atoms with Gasteiger partial charge in [0.2, 0.25) is 27.7 Å². The molecule has 3 fully saturated rings. The maximum absolute atomic E-state index is 13.0. The van der Waals surface area contributed by atoms with Crippen molar-refractivity contribution < 1.29 is 32.2 Å². The third-order valence-corrected chi connectivity index (χ3v) is 15.6. The molecule has 12 nitrogen and oxygen atoms in total. The summed E-state index contributed by atoms with van der Waals surface area (Å²) in [4.78, 5) is 22.1. The normalized spacial score (nSPS) is 22.7. The number of nitrogens with one attached hydrogen (secondary N) is 1. The number of fused-ring (bicyclic) bond motifs is 3. The van der Waals surface area contributed by atoms with Gasteiger partial charge in [0.15, 0.2) is 5.58 Å². The van der Waals surface area contributed by atoms with Crippen molar-refractivity contribution >= 4 is 38.5 Å². The molecular weight excluding hydrogens is 814 g/mol. The molecule has 4 heterocycles. The van der Waals surface area contributed by atoms with E-state index in [1.807, 2.05) is 18.2 Å². The lowest BCUT2D eigenvalue weighted by atomic mass is 9.91. The van der Waals surface area contributed by atoms with Crippen molar-refractivity contribution in [3.63, 3.8) is 0 Å². The number of carbonyl (C=O) groups is 1. The topological polar surface area (TPSA) is 158 Å². The van der Waals surface area contributed by atoms with Crippen LogP contribution in [0.1, 0.15) is 89.6 Å². The number of likely N-dealkylation sites (tertiary alicyclic amines) is 2. The van der Waals surface area contributed by atoms with Crippen LogP contribution >= 0.6 is 11.6 Å². The number of methoxy groups -OCH3 is 1. The van der Waals surface area contributed by atoms with E-state index in [1.165, 1.54) is 5.56 Å². The van der Waals surface area contributed by atoms with Gasteiger partial charge in [0.1, 0.15) is 23.0 Å². The minimum Gasteiger partial charge on any atom is -0.481 e. The number of pyridine rings is 1. The van der Waals surface area contributed by atoms with Crippen LogP contribution in [-0.4, -0.2) is 78.9 Å². The number of nitrogens with zero attached hydrogens (tertiary/aromatic N) is 4. The SMILES string of the molecule is COc1nc(O[C@H]2CCc3c(-c4cccc(-c5cc6cc7c(c(C#N)c6o5)CC[C@H]7N5CC[C@@H](C(=O)NS(=O)(=O)C6CC6)C5)c4C)cccc32)c(Cl)cc1CN1CC[C@@H](O)C1. The zero-order valence-corrected chi connectivity index (χ0v) is 35.8. The summed E-state index contributed by atoms with van der Waals surface area (Å²) in [6.07, 6.45) is 5.11. The van der Waals surface area contributed by atoms with Crippen LogP contribution in [0, 0.1) is 24.2 Å². The molecule has 0 spiro atoms. The number of aliphatic hydroxyl groups is 1. The highest BCUT2D eigenvalue weighted by Crippen LogP contribution is 2.46. The molecule has 0 bridgehead atoms. The first-order valence-electron chi connectivity index (χ1n) is 21.3. The van der Waals surface area contributed by atoms with Gasteiger partial charge in [-0.1, -0.05) is 48.0 Å². The smallest absolute Gasteiger partial charge is 0.237 e. The van der Waals surface area contributed by atoms with E-state index in [1.54, 1.807) is 7.11 Å². The molecule has 61 heavy (non-hydrogen) atoms. The summed E-state index contributed by atoms with van der Waals surface area (Å²) in [5.74, 6) is 0.679. The highest BCUT2D eigenvalue weighted by atomic mass is 35.5. The van der Waals surface area contributed by atoms with E-state index in [9.17, 15) is 23.6 Å². The third kappa shape index (κ3) is 7.36. The molecule has 4 atom stereocenters. The number of aromatic nitrogens is 1. The van der Waals surface area contributed by atoms with Crippen LogP contribution in [-0.2, 0) is 34.2 Å². The Balaban J connectivity index is 0.898. The second-order valence-electron chi connectivity index (χ2n) is 17.3. The van der Waals surface area contributed by atoms with E-state index in [0.717, 1.165) is 88.5 Å². The van der Waals surface area contributed by atoms with Gasteiger partial charge in [-0.05, 0) is 122 Å². The molecular formula is C47H48ClN5O7S. The van der Waals surface area contributed by atoms with Gasteiger partial charge in [-0.2, -0.15) is 10.2 Å². The first-order valence-corrected chi connectivity index (χ1v) is 23.2. The van der Waals surface area contributed by atoms with Gasteiger partial charge in [-0.15, -0.1) is 0 Å². The lowest BCUT2D eigenvalue weighted by Crippen LogP contribution is -2.38. The van der Waals surface area contributed by atoms with Crippen LogP contribution in [0.2, 0.25) is 5.02 Å². The lowest BCUT2D eigenvalue weighted by molar-refractivity contribution is -0.122. The van der Waals surface area contributed by atoms with E-state index in [-0.39, 0.29) is 18.2 Å². The van der Waals surface area contributed by atoms with Crippen LogP contribution < -0.4 is 14.2 Å². The first kappa shape index (κ1) is 40.1. The average molecular weight is 862 g/mol. The molecule has 1 amide bonds. The summed E-state index contributed by atoms with van der Waals surface area (Å²) >= 11 is 6.79. The largest absolute Gasteiger partial charge is 0.481 e. The number of aliphatic hydroxyl groups excluding tert-OH is 1. The van der Waals surface area contributed by atoms with Gasteiger partial charge < -0.3 is 19.0 Å². The van der Waals surface area contributed by atoms with Gasteiger partial charge in [0.05, 0.1) is 29.9 Å². The van der Waals surface area contributed by atoms with Gasteiger partial charge in [-0.3, -0.25) is 19.3 Å². The Morgan fingerprint density at radius 3 is 2.52 bits per heavy atom. The van der Waals surface area contributed by atoms with Gasteiger partial charge in [0.25, 0.3) is 0 Å². The van der Waals surface area contributed by atoms with E-state index in [4.69, 9.17) is 30.5 Å². The van der Waals surface area contributed by atoms with Crippen LogP contribution in [0.25, 0.3) is 33.4 Å². The zero-order chi connectivity index (χ0) is 42.2. The van der Waals surface area contributed by atoms with E-state index < -0.39 is 27.1 Å². The fourth-order valence-electron chi connectivity index (χ4n) is 10.2. The summed E-state index contributed by atoms with van der Waals surface area (Å²) in [5.41, 5.74) is 10.6. The maximum atomic E-state index is 13.0. The number of carbonyl (C=O) groups excluding carboxylic acids is 1. The number of sulfonamides is 1. The second kappa shape index (κ2) is 15.7. The number of furan rings is 1. The summed E-state index contributed by atoms with van der Waals surface area (Å²) in [5, 5.41) is 21.3. The molecule has 10 rings (SSSR count). The molecule has 316 valence electrons. The summed E-state index contributed by atoms with van der Waals surface area (Å²) in [6.45, 7) is 5.26. The predicted molar refractivity (Wildman–Crippen MR) is 231 cm³/mol. The maximum Gasteiger partial charge on any atom is 0.237 e. The Morgan fingerprint density at radius 1 is 0.967 bits per heavy atom. The van der Waals surface area contributed by atoms with Gasteiger partial charge in [-0.25, -0.2) is 8.42 Å². The van der Waals surface area contributed by atoms with Crippen molar-refractivity contribution in [2.75, 3.05) is 33.3 Å². The Kier molecular flexibility index (Phi) is 10.4. The zero-order valence-electron chi connectivity index (χ0n) is 34.2. The Labute approximate surface area is 360 Å². The molecule has 1 saturated carbocycles. The van der Waals surface area contributed by atoms with Gasteiger partial charge >= 0.3 is 0 Å². The standard InChI is InChI=1S/C47H48ClN5O7S/c1-26-32(34-7-4-8-37-35(34)12-14-42(37)60-47-40(48)20-29(46(50-47)58-2)23-52-17-16-30(54)25-52)5-3-6-33(26)43-21-28-19-38-36(39(22-49)44(28)59-43)11-13-41(38)53-18-15-27(24-53)45(55)51-61(56,57)31-9-10-31/h3-8,19-21,27,30-31,41-42,54H,9-18,23-25H2,1-2H3,(H,51,55)/t27-,30-,41-,42+/m1/s1. The predicted octanol–water partition coefficient (Wildman–Crippen LogP) is 7.55. The highest BCUT2D eigenvalue weighted by Gasteiger charge is 2.41. The van der Waals surface area contributed by atoms with Crippen LogP contribution in [0.5, 0.6) is 11.8 Å². The number of nitriles is 1. The molecule has 2 N–H and O–H groups in total. The fourth-order valence-corrected chi connectivity index (χ4v) is 11.8. The summed E-state index contributed by atoms with van der Waals surface area (Å²) in [6, 6.07) is 21.1. The molecule has 5 aliphatic rings. The van der Waals surface area contributed by atoms with Crippen molar-refractivity contribution in [2.45, 2.75) is 88.3 Å². The molecule has 3 aliphatic carbocycles. The van der Waals surface area contributed by atoms with Crippen molar-refractivity contribution in [1.29, 1.82) is 5.26 Å². The quantitative estimate of drug-likeness (QED) is 0.135. The third-order valence-electron chi connectivity index (χ3n) is 13.5. The van der Waals surface area contributed by atoms with E-state index in [2.05, 4.69) is 63.9 Å². The number of hydrogen-bond acceptors (Lipinski definition) is 11. The number of halogens is 1. The molecule has 2 saturated heterocycles. The molecule has 2 aromatic heterocycles. The van der Waals surface area contributed by atoms with Crippen molar-refractivity contribution in [3.8, 4) is 40.3 Å². The Bertz CT molecular complexity index is 2740. The van der Waals surface area contributed by atoms with E-state index in [0.29, 0.717) is 79.1 Å². The Hall–Kier alpha value is -4.97. The number of hydrogen-bond donors (Lipinski definition) is 2. The Morgan fingerprint density at radius 2 is 1.75 bits per heavy atom. The number of benzene rings is 3. The first-order chi connectivity index (χ1) is 29.5. The second-order valence-corrected chi connectivity index (χ2v) is 19.7. The van der Waals surface area contributed by atoms with E-state index >= 15 is 0 Å². The molecule has 3 aromatic carbocycles. The molecule has 5 aromatic rings. The highest BCUT2D eigenvalue weighted by molar-refractivity contribution is 7.90. The number of amides is 1. The summed E-state index contributed by atoms with van der Waals surface area (Å²) < 4.78 is 46.1. The van der Waals surface area contributed by atoms with Crippen LogP contribution in [0.3, 0.4) is 0 Å².